The molecular formula is C24H25N3O2S. The molecule has 3 aromatic rings. The zero-order valence-electron chi connectivity index (χ0n) is 16.7. The van der Waals surface area contributed by atoms with Gasteiger partial charge in [0.1, 0.15) is 0 Å². The summed E-state index contributed by atoms with van der Waals surface area (Å²) >= 11 is 1.40. The molecule has 1 atom stereocenters. The Morgan fingerprint density at radius 2 is 1.63 bits per heavy atom. The second-order valence-electron chi connectivity index (χ2n) is 7.39. The van der Waals surface area contributed by atoms with E-state index in [1.165, 1.54) is 29.7 Å². The van der Waals surface area contributed by atoms with Crippen molar-refractivity contribution in [2.45, 2.75) is 18.9 Å². The molecule has 0 saturated carbocycles. The third-order valence-electron chi connectivity index (χ3n) is 5.37. The number of rotatable bonds is 7. The maximum Gasteiger partial charge on any atom is 0.265 e. The highest BCUT2D eigenvalue weighted by atomic mass is 32.1. The molecule has 2 N–H and O–H groups in total. The van der Waals surface area contributed by atoms with E-state index >= 15 is 0 Å². The Morgan fingerprint density at radius 1 is 0.900 bits per heavy atom. The fourth-order valence-electron chi connectivity index (χ4n) is 3.78. The number of nitrogens with zero attached hydrogens (tertiary/aromatic N) is 1. The summed E-state index contributed by atoms with van der Waals surface area (Å²) < 4.78 is 0. The molecule has 1 saturated heterocycles. The fourth-order valence-corrected chi connectivity index (χ4v) is 4.40. The molecule has 154 valence electrons. The van der Waals surface area contributed by atoms with Gasteiger partial charge in [0.25, 0.3) is 11.8 Å². The quantitative estimate of drug-likeness (QED) is 0.590. The third kappa shape index (κ3) is 4.96. The summed E-state index contributed by atoms with van der Waals surface area (Å²) in [4.78, 5) is 27.9. The van der Waals surface area contributed by atoms with Crippen LogP contribution in [0, 0.1) is 0 Å². The molecule has 2 heterocycles. The number of likely N-dealkylation sites (tertiary alicyclic amines) is 1. The van der Waals surface area contributed by atoms with Crippen LogP contribution in [0.1, 0.15) is 44.5 Å². The summed E-state index contributed by atoms with van der Waals surface area (Å²) in [5.74, 6) is -0.246. The van der Waals surface area contributed by atoms with Crippen molar-refractivity contribution in [3.8, 4) is 0 Å². The van der Waals surface area contributed by atoms with Crippen LogP contribution in [0.5, 0.6) is 0 Å². The van der Waals surface area contributed by atoms with Crippen molar-refractivity contribution in [1.29, 1.82) is 0 Å². The second-order valence-corrected chi connectivity index (χ2v) is 8.34. The molecule has 1 aliphatic heterocycles. The molecule has 5 nitrogen and oxygen atoms in total. The van der Waals surface area contributed by atoms with Gasteiger partial charge in [0.15, 0.2) is 0 Å². The van der Waals surface area contributed by atoms with Gasteiger partial charge in [-0.3, -0.25) is 14.5 Å². The predicted molar refractivity (Wildman–Crippen MR) is 121 cm³/mol. The molecule has 0 radical (unpaired) electrons. The van der Waals surface area contributed by atoms with Crippen LogP contribution >= 0.6 is 11.3 Å². The molecule has 1 fully saturated rings. The van der Waals surface area contributed by atoms with Crippen LogP contribution in [0.3, 0.4) is 0 Å². The van der Waals surface area contributed by atoms with Gasteiger partial charge in [-0.2, -0.15) is 0 Å². The number of hydrogen-bond donors (Lipinski definition) is 2. The first kappa shape index (κ1) is 20.3. The Morgan fingerprint density at radius 3 is 2.30 bits per heavy atom. The minimum atomic E-state index is -0.140. The normalized spacial score (nSPS) is 14.9. The predicted octanol–water partition coefficient (Wildman–Crippen LogP) is 4.57. The minimum absolute atomic E-state index is 0.105. The van der Waals surface area contributed by atoms with Gasteiger partial charge in [0.05, 0.1) is 10.9 Å². The average Bonchev–Trinajstić information content (AvgIpc) is 3.50. The van der Waals surface area contributed by atoms with E-state index in [4.69, 9.17) is 0 Å². The maximum atomic E-state index is 12.7. The van der Waals surface area contributed by atoms with Crippen LogP contribution in [-0.2, 0) is 0 Å². The Balaban J connectivity index is 1.37. The van der Waals surface area contributed by atoms with Crippen LogP contribution in [0.15, 0.2) is 72.1 Å². The first-order valence-electron chi connectivity index (χ1n) is 10.2. The summed E-state index contributed by atoms with van der Waals surface area (Å²) in [6.07, 6.45) is 2.41. The lowest BCUT2D eigenvalue weighted by atomic mass is 10.1. The van der Waals surface area contributed by atoms with Crippen molar-refractivity contribution in [2.24, 2.45) is 0 Å². The number of carbonyl (C=O) groups excluding carboxylic acids is 2. The lowest BCUT2D eigenvalue weighted by Crippen LogP contribution is -2.36. The van der Waals surface area contributed by atoms with Gasteiger partial charge in [-0.15, -0.1) is 11.3 Å². The average molecular weight is 420 g/mol. The Hall–Kier alpha value is -2.96. The SMILES string of the molecule is O=C(NCC(c1ccccc1)N1CCCC1)c1ccc(NC(=O)c2cccs2)cc1. The minimum Gasteiger partial charge on any atom is -0.350 e. The van der Waals surface area contributed by atoms with E-state index in [9.17, 15) is 9.59 Å². The molecule has 2 amide bonds. The van der Waals surface area contributed by atoms with Gasteiger partial charge in [-0.1, -0.05) is 36.4 Å². The summed E-state index contributed by atoms with van der Waals surface area (Å²) in [6, 6.07) is 21.2. The molecule has 1 aromatic heterocycles. The van der Waals surface area contributed by atoms with Crippen LogP contribution < -0.4 is 10.6 Å². The highest BCUT2D eigenvalue weighted by molar-refractivity contribution is 7.12. The van der Waals surface area contributed by atoms with E-state index in [1.807, 2.05) is 29.6 Å². The van der Waals surface area contributed by atoms with Gasteiger partial charge in [-0.05, 0) is 67.2 Å². The lowest BCUT2D eigenvalue weighted by Gasteiger charge is -2.28. The molecule has 0 bridgehead atoms. The first-order chi connectivity index (χ1) is 14.7. The number of hydrogen-bond acceptors (Lipinski definition) is 4. The Labute approximate surface area is 180 Å². The van der Waals surface area contributed by atoms with Crippen molar-refractivity contribution >= 4 is 28.8 Å². The summed E-state index contributed by atoms with van der Waals surface area (Å²) in [5.41, 5.74) is 2.48. The van der Waals surface area contributed by atoms with Crippen molar-refractivity contribution in [1.82, 2.24) is 10.2 Å². The van der Waals surface area contributed by atoms with E-state index in [2.05, 4.69) is 27.7 Å². The summed E-state index contributed by atoms with van der Waals surface area (Å²) in [5, 5.41) is 7.81. The third-order valence-corrected chi connectivity index (χ3v) is 6.24. The second kappa shape index (κ2) is 9.69. The lowest BCUT2D eigenvalue weighted by molar-refractivity contribution is 0.0937. The maximum absolute atomic E-state index is 12.7. The number of anilines is 1. The highest BCUT2D eigenvalue weighted by Crippen LogP contribution is 2.24. The summed E-state index contributed by atoms with van der Waals surface area (Å²) in [7, 11) is 0. The van der Waals surface area contributed by atoms with Crippen LogP contribution in [0.2, 0.25) is 0 Å². The van der Waals surface area contributed by atoms with Gasteiger partial charge < -0.3 is 10.6 Å². The van der Waals surface area contributed by atoms with Crippen molar-refractivity contribution < 1.29 is 9.59 Å². The monoisotopic (exact) mass is 419 g/mol. The van der Waals surface area contributed by atoms with E-state index in [-0.39, 0.29) is 17.9 Å². The largest absolute Gasteiger partial charge is 0.350 e. The molecule has 1 aliphatic rings. The molecule has 4 rings (SSSR count). The first-order valence-corrected chi connectivity index (χ1v) is 11.1. The van der Waals surface area contributed by atoms with E-state index in [0.717, 1.165) is 13.1 Å². The molecule has 6 heteroatoms. The molecule has 30 heavy (non-hydrogen) atoms. The fraction of sp³-hybridized carbons (Fsp3) is 0.250. The summed E-state index contributed by atoms with van der Waals surface area (Å²) in [6.45, 7) is 2.70. The molecule has 0 spiro atoms. The van der Waals surface area contributed by atoms with E-state index in [0.29, 0.717) is 22.7 Å². The number of amides is 2. The van der Waals surface area contributed by atoms with Crippen LogP contribution in [0.4, 0.5) is 5.69 Å². The zero-order chi connectivity index (χ0) is 20.8. The standard InChI is InChI=1S/C24H25N3O2S/c28-23(19-10-12-20(13-11-19)26-24(29)22-9-6-16-30-22)25-17-21(27-14-4-5-15-27)18-7-2-1-3-8-18/h1-3,6-13,16,21H,4-5,14-15,17H2,(H,25,28)(H,26,29). The number of nitrogens with one attached hydrogen (secondary N) is 2. The topological polar surface area (TPSA) is 61.4 Å². The number of thiophene rings is 1. The van der Waals surface area contributed by atoms with Crippen molar-refractivity contribution in [2.75, 3.05) is 25.0 Å². The van der Waals surface area contributed by atoms with Crippen molar-refractivity contribution in [3.05, 3.63) is 88.1 Å². The van der Waals surface area contributed by atoms with Crippen LogP contribution in [0.25, 0.3) is 0 Å². The number of carbonyl (C=O) groups is 2. The molecule has 2 aromatic carbocycles. The molecular weight excluding hydrogens is 394 g/mol. The van der Waals surface area contributed by atoms with Gasteiger partial charge in [-0.25, -0.2) is 0 Å². The Kier molecular flexibility index (Phi) is 6.57. The van der Waals surface area contributed by atoms with E-state index < -0.39 is 0 Å². The zero-order valence-corrected chi connectivity index (χ0v) is 17.5. The molecule has 0 aliphatic carbocycles. The van der Waals surface area contributed by atoms with Gasteiger partial charge in [0, 0.05) is 17.8 Å². The number of benzene rings is 2. The smallest absolute Gasteiger partial charge is 0.265 e. The Bertz CT molecular complexity index is 965. The van der Waals surface area contributed by atoms with Crippen LogP contribution in [-0.4, -0.2) is 36.3 Å². The highest BCUT2D eigenvalue weighted by Gasteiger charge is 2.24. The van der Waals surface area contributed by atoms with Gasteiger partial charge in [0.2, 0.25) is 0 Å². The van der Waals surface area contributed by atoms with Crippen molar-refractivity contribution in [3.63, 3.8) is 0 Å². The van der Waals surface area contributed by atoms with E-state index in [1.54, 1.807) is 30.3 Å². The molecule has 1 unspecified atom stereocenters. The van der Waals surface area contributed by atoms with Gasteiger partial charge >= 0.3 is 0 Å².